The Morgan fingerprint density at radius 1 is 0.688 bits per heavy atom. The summed E-state index contributed by atoms with van der Waals surface area (Å²) in [6.45, 7) is 7.74. The zero-order chi connectivity index (χ0) is 23.3. The van der Waals surface area contributed by atoms with Gasteiger partial charge in [-0.15, -0.1) is 3.63 Å². The summed E-state index contributed by atoms with van der Waals surface area (Å²) in [6, 6.07) is 18.9. The summed E-state index contributed by atoms with van der Waals surface area (Å²) in [6.07, 6.45) is 0. The maximum atomic E-state index is 13.2. The SMILES string of the molecule is Cc1cc(S(=O)(=O)OS(=O)(=O)c2ccc3cccccc2-3)c2c(C)ccc(C(C)C)cc1-2. The van der Waals surface area contributed by atoms with Crippen molar-refractivity contribution in [3.05, 3.63) is 83.4 Å². The standard InChI is InChI=1S/C25H24O5S2/c1-16(2)20-11-10-17(3)25-22(15-20)18(4)14-24(25)32(28,29)30-31(26,27)23-13-12-19-8-6-5-7-9-21(19)23/h5-16H,1-4H3. The molecule has 0 unspecified atom stereocenters. The molecule has 0 aromatic carbocycles. The van der Waals surface area contributed by atoms with Gasteiger partial charge in [0.15, 0.2) is 0 Å². The molecule has 166 valence electrons. The summed E-state index contributed by atoms with van der Waals surface area (Å²) >= 11 is 0. The van der Waals surface area contributed by atoms with E-state index in [-0.39, 0.29) is 15.7 Å². The van der Waals surface area contributed by atoms with Crippen LogP contribution in [0.1, 0.15) is 36.5 Å². The molecule has 0 fully saturated rings. The minimum absolute atomic E-state index is 0.140. The predicted molar refractivity (Wildman–Crippen MR) is 125 cm³/mol. The Labute approximate surface area is 189 Å². The van der Waals surface area contributed by atoms with E-state index in [0.29, 0.717) is 16.7 Å². The second kappa shape index (κ2) is 7.99. The van der Waals surface area contributed by atoms with Crippen LogP contribution in [-0.4, -0.2) is 16.8 Å². The molecule has 0 N–H and O–H groups in total. The summed E-state index contributed by atoms with van der Waals surface area (Å²) in [4.78, 5) is -0.317. The number of aryl methyl sites for hydroxylation is 2. The first kappa shape index (κ1) is 22.5. The van der Waals surface area contributed by atoms with Gasteiger partial charge in [0.05, 0.1) is 0 Å². The van der Waals surface area contributed by atoms with Gasteiger partial charge in [-0.2, -0.15) is 16.8 Å². The lowest BCUT2D eigenvalue weighted by Gasteiger charge is -2.09. The molecule has 7 heteroatoms. The first-order valence-corrected chi connectivity index (χ1v) is 13.1. The summed E-state index contributed by atoms with van der Waals surface area (Å²) in [7, 11) is -9.19. The lowest BCUT2D eigenvalue weighted by Crippen LogP contribution is -2.14. The predicted octanol–water partition coefficient (Wildman–Crippen LogP) is 5.73. The Kier molecular flexibility index (Phi) is 5.61. The summed E-state index contributed by atoms with van der Waals surface area (Å²) in [5, 5.41) is 0. The van der Waals surface area contributed by atoms with Crippen LogP contribution < -0.4 is 0 Å². The lowest BCUT2D eigenvalue weighted by atomic mass is 10.0. The molecule has 4 aliphatic carbocycles. The molecule has 0 amide bonds. The van der Waals surface area contributed by atoms with E-state index >= 15 is 0 Å². The molecule has 0 spiro atoms. The van der Waals surface area contributed by atoms with Crippen LogP contribution in [0, 0.1) is 13.8 Å². The molecule has 0 saturated heterocycles. The average molecular weight is 469 g/mol. The van der Waals surface area contributed by atoms with Crippen molar-refractivity contribution < 1.29 is 20.5 Å². The molecule has 0 heterocycles. The fourth-order valence-corrected chi connectivity index (χ4v) is 7.00. The molecule has 0 saturated carbocycles. The lowest BCUT2D eigenvalue weighted by molar-refractivity contribution is 0.462. The van der Waals surface area contributed by atoms with Crippen LogP contribution in [-0.2, 0) is 23.9 Å². The van der Waals surface area contributed by atoms with E-state index in [9.17, 15) is 16.8 Å². The Bertz CT molecular complexity index is 1470. The van der Waals surface area contributed by atoms with Crippen LogP contribution >= 0.6 is 0 Å². The Hall–Kier alpha value is -2.74. The smallest absolute Gasteiger partial charge is 0.193 e. The van der Waals surface area contributed by atoms with Gasteiger partial charge >= 0.3 is 20.2 Å². The van der Waals surface area contributed by atoms with E-state index in [2.05, 4.69) is 13.8 Å². The fourth-order valence-electron chi connectivity index (χ4n) is 3.94. The van der Waals surface area contributed by atoms with E-state index < -0.39 is 20.2 Å². The molecular weight excluding hydrogens is 444 g/mol. The average Bonchev–Trinajstić information content (AvgIpc) is 3.10. The van der Waals surface area contributed by atoms with Crippen molar-refractivity contribution in [1.29, 1.82) is 0 Å². The molecule has 0 aromatic rings. The van der Waals surface area contributed by atoms with Crippen molar-refractivity contribution in [3.8, 4) is 22.3 Å². The molecule has 5 nitrogen and oxygen atoms in total. The molecule has 4 aliphatic rings. The van der Waals surface area contributed by atoms with E-state index in [4.69, 9.17) is 3.63 Å². The van der Waals surface area contributed by atoms with E-state index in [0.717, 1.165) is 22.3 Å². The highest BCUT2D eigenvalue weighted by molar-refractivity contribution is 8.00. The molecule has 0 atom stereocenters. The zero-order valence-corrected chi connectivity index (χ0v) is 19.9. The second-order valence-electron chi connectivity index (χ2n) is 8.25. The van der Waals surface area contributed by atoms with Crippen LogP contribution in [0.4, 0.5) is 0 Å². The van der Waals surface area contributed by atoms with Gasteiger partial charge in [-0.3, -0.25) is 0 Å². The van der Waals surface area contributed by atoms with Crippen LogP contribution in [0.3, 0.4) is 0 Å². The maximum absolute atomic E-state index is 13.2. The Balaban J connectivity index is 1.82. The molecular formula is C25H24O5S2. The normalized spacial score (nSPS) is 12.7. The van der Waals surface area contributed by atoms with Crippen LogP contribution in [0.2, 0.25) is 0 Å². The third kappa shape index (κ3) is 3.92. The van der Waals surface area contributed by atoms with Crippen LogP contribution in [0.25, 0.3) is 22.3 Å². The van der Waals surface area contributed by atoms with Crippen molar-refractivity contribution in [2.45, 2.75) is 43.4 Å². The van der Waals surface area contributed by atoms with Gasteiger partial charge in [0.1, 0.15) is 9.79 Å². The summed E-state index contributed by atoms with van der Waals surface area (Å²) in [5.74, 6) is 0.253. The van der Waals surface area contributed by atoms with Gasteiger partial charge in [-0.25, -0.2) is 0 Å². The van der Waals surface area contributed by atoms with Gasteiger partial charge in [-0.1, -0.05) is 68.4 Å². The van der Waals surface area contributed by atoms with Crippen molar-refractivity contribution in [3.63, 3.8) is 0 Å². The Morgan fingerprint density at radius 3 is 2.09 bits per heavy atom. The number of hydrogen-bond donors (Lipinski definition) is 0. The van der Waals surface area contributed by atoms with Crippen molar-refractivity contribution in [1.82, 2.24) is 0 Å². The second-order valence-corrected chi connectivity index (χ2v) is 11.5. The quantitative estimate of drug-likeness (QED) is 0.374. The highest BCUT2D eigenvalue weighted by Gasteiger charge is 2.33. The fraction of sp³-hybridized carbons (Fsp3) is 0.200. The molecule has 32 heavy (non-hydrogen) atoms. The topological polar surface area (TPSA) is 77.5 Å². The molecule has 0 bridgehead atoms. The van der Waals surface area contributed by atoms with Gasteiger partial charge in [0.2, 0.25) is 0 Å². The van der Waals surface area contributed by atoms with Gasteiger partial charge in [0.25, 0.3) is 0 Å². The van der Waals surface area contributed by atoms with Crippen LogP contribution in [0.15, 0.2) is 76.5 Å². The summed E-state index contributed by atoms with van der Waals surface area (Å²) in [5.41, 5.74) is 4.85. The van der Waals surface area contributed by atoms with E-state index in [1.165, 1.54) is 12.1 Å². The molecule has 0 radical (unpaired) electrons. The van der Waals surface area contributed by atoms with Gasteiger partial charge in [-0.05, 0) is 59.7 Å². The Morgan fingerprint density at radius 2 is 1.38 bits per heavy atom. The van der Waals surface area contributed by atoms with Crippen molar-refractivity contribution >= 4 is 20.2 Å². The third-order valence-electron chi connectivity index (χ3n) is 5.66. The van der Waals surface area contributed by atoms with E-state index in [1.807, 2.05) is 32.0 Å². The number of rotatable bonds is 5. The minimum atomic E-state index is -4.61. The number of hydrogen-bond acceptors (Lipinski definition) is 5. The molecule has 0 aromatic heterocycles. The largest absolute Gasteiger partial charge is 0.312 e. The summed E-state index contributed by atoms with van der Waals surface area (Å²) < 4.78 is 57.5. The zero-order valence-electron chi connectivity index (χ0n) is 18.3. The first-order valence-electron chi connectivity index (χ1n) is 10.2. The van der Waals surface area contributed by atoms with Gasteiger partial charge in [0, 0.05) is 11.1 Å². The van der Waals surface area contributed by atoms with Crippen LogP contribution in [0.5, 0.6) is 0 Å². The molecule has 0 aliphatic heterocycles. The molecule has 4 rings (SSSR count). The minimum Gasteiger partial charge on any atom is -0.193 e. The number of fused-ring (bicyclic) bond motifs is 2. The van der Waals surface area contributed by atoms with Gasteiger partial charge < -0.3 is 0 Å². The van der Waals surface area contributed by atoms with E-state index in [1.54, 1.807) is 36.4 Å². The highest BCUT2D eigenvalue weighted by atomic mass is 32.3. The highest BCUT2D eigenvalue weighted by Crippen LogP contribution is 2.40. The maximum Gasteiger partial charge on any atom is 0.312 e. The third-order valence-corrected chi connectivity index (χ3v) is 8.84. The van der Waals surface area contributed by atoms with Crippen molar-refractivity contribution in [2.75, 3.05) is 0 Å². The monoisotopic (exact) mass is 468 g/mol. The van der Waals surface area contributed by atoms with Crippen molar-refractivity contribution in [2.24, 2.45) is 0 Å². The first-order chi connectivity index (χ1) is 15.0.